The molecule has 82 valence electrons. The average Bonchev–Trinajstić information content (AvgIpc) is 2.82. The molecule has 4 heteroatoms. The minimum absolute atomic E-state index is 0.597. The van der Waals surface area contributed by atoms with Crippen LogP contribution in [0.15, 0.2) is 0 Å². The number of nitrogens with zero attached hydrogens (tertiary/aromatic N) is 3. The van der Waals surface area contributed by atoms with Gasteiger partial charge in [-0.2, -0.15) is 0 Å². The van der Waals surface area contributed by atoms with Crippen molar-refractivity contribution in [3.8, 4) is 0 Å². The number of hydrogen-bond acceptors (Lipinski definition) is 3. The number of rotatable bonds is 1. The van der Waals surface area contributed by atoms with Crippen LogP contribution in [-0.2, 0) is 13.0 Å². The summed E-state index contributed by atoms with van der Waals surface area (Å²) in [5.41, 5.74) is 0. The number of hydrogen-bond donors (Lipinski definition) is 1. The van der Waals surface area contributed by atoms with Crippen molar-refractivity contribution < 1.29 is 0 Å². The Morgan fingerprint density at radius 2 is 2.27 bits per heavy atom. The maximum Gasteiger partial charge on any atom is 0.137 e. The van der Waals surface area contributed by atoms with Crippen molar-refractivity contribution in [1.82, 2.24) is 20.1 Å². The quantitative estimate of drug-likeness (QED) is 0.743. The van der Waals surface area contributed by atoms with Gasteiger partial charge in [-0.1, -0.05) is 6.92 Å². The zero-order valence-corrected chi connectivity index (χ0v) is 9.24. The second-order valence-electron chi connectivity index (χ2n) is 4.91. The van der Waals surface area contributed by atoms with Crippen molar-refractivity contribution in [2.75, 3.05) is 13.1 Å². The van der Waals surface area contributed by atoms with E-state index in [2.05, 4.69) is 27.0 Å². The molecular weight excluding hydrogens is 188 g/mol. The molecule has 0 aromatic carbocycles. The largest absolute Gasteiger partial charge is 0.316 e. The highest BCUT2D eigenvalue weighted by atomic mass is 15.3. The molecule has 0 bridgehead atoms. The molecule has 4 nitrogen and oxygen atoms in total. The zero-order valence-electron chi connectivity index (χ0n) is 9.24. The Balaban J connectivity index is 1.90. The van der Waals surface area contributed by atoms with E-state index in [1.54, 1.807) is 0 Å². The van der Waals surface area contributed by atoms with Gasteiger partial charge >= 0.3 is 0 Å². The van der Waals surface area contributed by atoms with Crippen LogP contribution in [0.2, 0.25) is 0 Å². The molecule has 15 heavy (non-hydrogen) atoms. The van der Waals surface area contributed by atoms with Gasteiger partial charge in [-0.05, 0) is 25.3 Å². The van der Waals surface area contributed by atoms with Gasteiger partial charge < -0.3 is 9.88 Å². The molecule has 1 aromatic heterocycles. The highest BCUT2D eigenvalue weighted by Gasteiger charge is 2.26. The van der Waals surface area contributed by atoms with Gasteiger partial charge in [0.2, 0.25) is 0 Å². The molecule has 1 fully saturated rings. The lowest BCUT2D eigenvalue weighted by Crippen LogP contribution is -2.21. The fraction of sp³-hybridized carbons (Fsp3) is 0.818. The van der Waals surface area contributed by atoms with Gasteiger partial charge in [-0.25, -0.2) is 0 Å². The predicted molar refractivity (Wildman–Crippen MR) is 57.7 cm³/mol. The molecule has 2 unspecified atom stereocenters. The van der Waals surface area contributed by atoms with Crippen LogP contribution in [-0.4, -0.2) is 27.9 Å². The highest BCUT2D eigenvalue weighted by molar-refractivity contribution is 5.07. The third-order valence-electron chi connectivity index (χ3n) is 3.66. The number of fused-ring (bicyclic) bond motifs is 1. The van der Waals surface area contributed by atoms with Crippen molar-refractivity contribution in [2.45, 2.75) is 38.6 Å². The fourth-order valence-electron chi connectivity index (χ4n) is 2.68. The Kier molecular flexibility index (Phi) is 2.24. The van der Waals surface area contributed by atoms with Crippen molar-refractivity contribution in [3.05, 3.63) is 11.6 Å². The summed E-state index contributed by atoms with van der Waals surface area (Å²) in [6, 6.07) is 0. The number of aromatic nitrogens is 3. The molecule has 0 spiro atoms. The van der Waals surface area contributed by atoms with E-state index in [-0.39, 0.29) is 0 Å². The summed E-state index contributed by atoms with van der Waals surface area (Å²) in [7, 11) is 0. The normalized spacial score (nSPS) is 30.5. The van der Waals surface area contributed by atoms with Crippen LogP contribution in [0.25, 0.3) is 0 Å². The minimum Gasteiger partial charge on any atom is -0.316 e. The van der Waals surface area contributed by atoms with Gasteiger partial charge in [0, 0.05) is 25.4 Å². The van der Waals surface area contributed by atoms with E-state index in [0.29, 0.717) is 5.92 Å². The Hall–Kier alpha value is -0.900. The van der Waals surface area contributed by atoms with Crippen LogP contribution in [0, 0.1) is 5.92 Å². The Labute approximate surface area is 90.1 Å². The van der Waals surface area contributed by atoms with Crippen LogP contribution in [0.5, 0.6) is 0 Å². The fourth-order valence-corrected chi connectivity index (χ4v) is 2.68. The van der Waals surface area contributed by atoms with Gasteiger partial charge in [0.1, 0.15) is 11.6 Å². The van der Waals surface area contributed by atoms with Crippen molar-refractivity contribution in [2.24, 2.45) is 5.92 Å². The van der Waals surface area contributed by atoms with E-state index >= 15 is 0 Å². The third-order valence-corrected chi connectivity index (χ3v) is 3.66. The smallest absolute Gasteiger partial charge is 0.137 e. The van der Waals surface area contributed by atoms with Crippen LogP contribution < -0.4 is 5.32 Å². The molecule has 2 aliphatic rings. The molecule has 1 N–H and O–H groups in total. The summed E-state index contributed by atoms with van der Waals surface area (Å²) in [5.74, 6) is 3.80. The van der Waals surface area contributed by atoms with Gasteiger partial charge in [-0.15, -0.1) is 10.2 Å². The minimum atomic E-state index is 0.597. The topological polar surface area (TPSA) is 42.7 Å². The molecule has 1 saturated heterocycles. The van der Waals surface area contributed by atoms with E-state index in [9.17, 15) is 0 Å². The molecule has 0 amide bonds. The predicted octanol–water partition coefficient (Wildman–Crippen LogP) is 0.937. The van der Waals surface area contributed by atoms with Gasteiger partial charge in [0.25, 0.3) is 0 Å². The monoisotopic (exact) mass is 206 g/mol. The first-order valence-electron chi connectivity index (χ1n) is 5.97. The third kappa shape index (κ3) is 1.57. The lowest BCUT2D eigenvalue weighted by atomic mass is 9.99. The van der Waals surface area contributed by atoms with E-state index in [0.717, 1.165) is 32.0 Å². The molecule has 0 radical (unpaired) electrons. The summed E-state index contributed by atoms with van der Waals surface area (Å²) >= 11 is 0. The second kappa shape index (κ2) is 3.59. The first-order valence-corrected chi connectivity index (χ1v) is 5.97. The van der Waals surface area contributed by atoms with Gasteiger partial charge in [0.15, 0.2) is 0 Å². The van der Waals surface area contributed by atoms with Gasteiger partial charge in [0.05, 0.1) is 0 Å². The molecule has 2 atom stereocenters. The second-order valence-corrected chi connectivity index (χ2v) is 4.91. The SMILES string of the molecule is CC1CCn2c(nnc2C2CCNC2)C1. The Morgan fingerprint density at radius 1 is 1.33 bits per heavy atom. The summed E-state index contributed by atoms with van der Waals surface area (Å²) in [6.45, 7) is 5.63. The first-order chi connectivity index (χ1) is 7.34. The van der Waals surface area contributed by atoms with E-state index in [1.165, 1.54) is 24.5 Å². The summed E-state index contributed by atoms with van der Waals surface area (Å²) in [6.07, 6.45) is 3.60. The lowest BCUT2D eigenvalue weighted by Gasteiger charge is -2.21. The van der Waals surface area contributed by atoms with Crippen molar-refractivity contribution >= 4 is 0 Å². The van der Waals surface area contributed by atoms with Crippen LogP contribution in [0.4, 0.5) is 0 Å². The molecule has 3 heterocycles. The van der Waals surface area contributed by atoms with Crippen LogP contribution in [0.1, 0.15) is 37.3 Å². The lowest BCUT2D eigenvalue weighted by molar-refractivity contribution is 0.398. The van der Waals surface area contributed by atoms with Crippen molar-refractivity contribution in [1.29, 1.82) is 0 Å². The summed E-state index contributed by atoms with van der Waals surface area (Å²) < 4.78 is 2.36. The first kappa shape index (κ1) is 9.33. The summed E-state index contributed by atoms with van der Waals surface area (Å²) in [4.78, 5) is 0. The van der Waals surface area contributed by atoms with Crippen molar-refractivity contribution in [3.63, 3.8) is 0 Å². The van der Waals surface area contributed by atoms with E-state index < -0.39 is 0 Å². The van der Waals surface area contributed by atoms with Gasteiger partial charge in [-0.3, -0.25) is 0 Å². The van der Waals surface area contributed by atoms with Crippen LogP contribution in [0.3, 0.4) is 0 Å². The standard InChI is InChI=1S/C11H18N4/c1-8-3-5-15-10(6-8)13-14-11(15)9-2-4-12-7-9/h8-9,12H,2-7H2,1H3. The Morgan fingerprint density at radius 3 is 3.07 bits per heavy atom. The van der Waals surface area contributed by atoms with Crippen LogP contribution >= 0.6 is 0 Å². The van der Waals surface area contributed by atoms with E-state index in [1.807, 2.05) is 0 Å². The summed E-state index contributed by atoms with van der Waals surface area (Å²) in [5, 5.41) is 12.1. The van der Waals surface area contributed by atoms with E-state index in [4.69, 9.17) is 0 Å². The molecular formula is C11H18N4. The molecule has 0 saturated carbocycles. The maximum atomic E-state index is 4.39. The Bertz CT molecular complexity index is 351. The molecule has 2 aliphatic heterocycles. The average molecular weight is 206 g/mol. The molecule has 0 aliphatic carbocycles. The highest BCUT2D eigenvalue weighted by Crippen LogP contribution is 2.26. The molecule has 1 aromatic rings. The number of nitrogens with one attached hydrogen (secondary N) is 1. The zero-order chi connectivity index (χ0) is 10.3. The maximum absolute atomic E-state index is 4.39. The molecule has 3 rings (SSSR count).